The molecule has 2 aromatic carbocycles. The van der Waals surface area contributed by atoms with Crippen molar-refractivity contribution in [1.29, 1.82) is 0 Å². The van der Waals surface area contributed by atoms with Gasteiger partial charge in [0.25, 0.3) is 0 Å². The van der Waals surface area contributed by atoms with Crippen LogP contribution >= 0.6 is 15.9 Å². The van der Waals surface area contributed by atoms with Crippen molar-refractivity contribution in [3.05, 3.63) is 81.5 Å². The topological polar surface area (TPSA) is 77.8 Å². The maximum absolute atomic E-state index is 11.6. The average Bonchev–Trinajstić information content (AvgIpc) is 2.71. The van der Waals surface area contributed by atoms with Gasteiger partial charge >= 0.3 is 11.9 Å². The second kappa shape index (κ2) is 8.03. The number of nitrogens with zero attached hydrogens (tertiary/aromatic N) is 1. The van der Waals surface area contributed by atoms with E-state index in [1.54, 1.807) is 4.90 Å². The lowest BCUT2D eigenvalue weighted by molar-refractivity contribution is -0.136. The van der Waals surface area contributed by atoms with E-state index < -0.39 is 11.9 Å². The normalized spacial score (nSPS) is 23.8. The summed E-state index contributed by atoms with van der Waals surface area (Å²) in [5, 5.41) is 18.6. The lowest BCUT2D eigenvalue weighted by atomic mass is 9.66. The standard InChI is InChI=1S/C23H22BrNO4/c24-16-7-5-14(6-8-16)19-11-15-9-10-25(21(23(28)29)12-22(26)27)13-20(15)18-4-2-1-3-17(18)19/h1-8,12,15,19-20H,9-11,13H2,(H,26,27)(H,28,29). The molecule has 0 aromatic heterocycles. The van der Waals surface area contributed by atoms with Crippen LogP contribution in [-0.4, -0.2) is 40.1 Å². The van der Waals surface area contributed by atoms with Crippen LogP contribution in [0.25, 0.3) is 0 Å². The van der Waals surface area contributed by atoms with Crippen LogP contribution in [0, 0.1) is 5.92 Å². The predicted octanol–water partition coefficient (Wildman–Crippen LogP) is 4.44. The molecule has 0 bridgehead atoms. The van der Waals surface area contributed by atoms with E-state index >= 15 is 0 Å². The van der Waals surface area contributed by atoms with E-state index in [0.29, 0.717) is 24.9 Å². The Balaban J connectivity index is 1.68. The molecule has 0 spiro atoms. The van der Waals surface area contributed by atoms with Gasteiger partial charge in [0.1, 0.15) is 5.70 Å². The molecule has 3 atom stereocenters. The van der Waals surface area contributed by atoms with Crippen LogP contribution in [0.5, 0.6) is 0 Å². The highest BCUT2D eigenvalue weighted by atomic mass is 79.9. The van der Waals surface area contributed by atoms with Gasteiger partial charge in [0.2, 0.25) is 0 Å². The number of carbonyl (C=O) groups is 2. The van der Waals surface area contributed by atoms with Gasteiger partial charge in [-0.2, -0.15) is 0 Å². The number of aliphatic carboxylic acids is 2. The second-order valence-electron chi connectivity index (χ2n) is 7.74. The highest BCUT2D eigenvalue weighted by molar-refractivity contribution is 9.10. The third-order valence-corrected chi connectivity index (χ3v) is 6.69. The number of carboxylic acids is 2. The number of hydrogen-bond acceptors (Lipinski definition) is 3. The minimum Gasteiger partial charge on any atom is -0.478 e. The number of carboxylic acid groups (broad SMARTS) is 2. The predicted molar refractivity (Wildman–Crippen MR) is 113 cm³/mol. The molecule has 0 radical (unpaired) electrons. The first-order valence-corrected chi connectivity index (χ1v) is 10.5. The Morgan fingerprint density at radius 2 is 1.72 bits per heavy atom. The zero-order chi connectivity index (χ0) is 20.5. The van der Waals surface area contributed by atoms with Crippen LogP contribution in [-0.2, 0) is 9.59 Å². The molecule has 2 aromatic rings. The summed E-state index contributed by atoms with van der Waals surface area (Å²) in [6, 6.07) is 16.9. The Kier molecular flexibility index (Phi) is 5.46. The lowest BCUT2D eigenvalue weighted by Crippen LogP contribution is -2.43. The number of halogens is 1. The van der Waals surface area contributed by atoms with Crippen LogP contribution in [0.3, 0.4) is 0 Å². The van der Waals surface area contributed by atoms with Crippen molar-refractivity contribution in [1.82, 2.24) is 4.90 Å². The number of benzene rings is 2. The van der Waals surface area contributed by atoms with Crippen LogP contribution in [0.15, 0.2) is 64.8 Å². The first-order valence-electron chi connectivity index (χ1n) is 9.71. The van der Waals surface area contributed by atoms with E-state index in [0.717, 1.165) is 23.4 Å². The minimum atomic E-state index is -1.23. The van der Waals surface area contributed by atoms with E-state index in [4.69, 9.17) is 5.11 Å². The Bertz CT molecular complexity index is 969. The fraction of sp³-hybridized carbons (Fsp3) is 0.304. The quantitative estimate of drug-likeness (QED) is 0.666. The highest BCUT2D eigenvalue weighted by Gasteiger charge is 2.40. The van der Waals surface area contributed by atoms with Crippen LogP contribution in [0.4, 0.5) is 0 Å². The molecule has 3 unspecified atom stereocenters. The molecule has 1 fully saturated rings. The summed E-state index contributed by atoms with van der Waals surface area (Å²) < 4.78 is 1.06. The Morgan fingerprint density at radius 1 is 1.03 bits per heavy atom. The van der Waals surface area contributed by atoms with E-state index in [2.05, 4.69) is 58.4 Å². The van der Waals surface area contributed by atoms with Crippen molar-refractivity contribution >= 4 is 27.9 Å². The van der Waals surface area contributed by atoms with Crippen LogP contribution in [0.1, 0.15) is 41.4 Å². The molecule has 150 valence electrons. The van der Waals surface area contributed by atoms with Crippen molar-refractivity contribution in [2.45, 2.75) is 24.7 Å². The number of rotatable bonds is 4. The molecule has 0 saturated carbocycles. The van der Waals surface area contributed by atoms with Crippen LogP contribution in [0.2, 0.25) is 0 Å². The molecule has 4 rings (SSSR count). The van der Waals surface area contributed by atoms with Crippen molar-refractivity contribution in [2.75, 3.05) is 13.1 Å². The summed E-state index contributed by atoms with van der Waals surface area (Å²) in [4.78, 5) is 24.4. The summed E-state index contributed by atoms with van der Waals surface area (Å²) in [6.07, 6.45) is 2.67. The summed E-state index contributed by atoms with van der Waals surface area (Å²) in [6.45, 7) is 1.09. The van der Waals surface area contributed by atoms with Crippen molar-refractivity contribution in [2.24, 2.45) is 5.92 Å². The summed E-state index contributed by atoms with van der Waals surface area (Å²) in [7, 11) is 0. The number of piperidine rings is 1. The smallest absolute Gasteiger partial charge is 0.352 e. The lowest BCUT2D eigenvalue weighted by Gasteiger charge is -2.45. The Morgan fingerprint density at radius 3 is 2.38 bits per heavy atom. The summed E-state index contributed by atoms with van der Waals surface area (Å²) in [5.41, 5.74) is 3.69. The van der Waals surface area contributed by atoms with Gasteiger partial charge in [-0.25, -0.2) is 9.59 Å². The number of hydrogen-bond donors (Lipinski definition) is 2. The van der Waals surface area contributed by atoms with Gasteiger partial charge in [-0.05, 0) is 47.6 Å². The van der Waals surface area contributed by atoms with E-state index in [9.17, 15) is 14.7 Å². The van der Waals surface area contributed by atoms with E-state index in [1.165, 1.54) is 16.7 Å². The van der Waals surface area contributed by atoms with Crippen LogP contribution < -0.4 is 0 Å². The fourth-order valence-electron chi connectivity index (χ4n) is 4.87. The van der Waals surface area contributed by atoms with Crippen molar-refractivity contribution in [3.8, 4) is 0 Å². The Labute approximate surface area is 177 Å². The molecular weight excluding hydrogens is 434 g/mol. The third-order valence-electron chi connectivity index (χ3n) is 6.16. The van der Waals surface area contributed by atoms with E-state index in [1.807, 2.05) is 6.07 Å². The van der Waals surface area contributed by atoms with Gasteiger partial charge in [-0.3, -0.25) is 0 Å². The fourth-order valence-corrected chi connectivity index (χ4v) is 5.13. The monoisotopic (exact) mass is 455 g/mol. The van der Waals surface area contributed by atoms with Crippen molar-refractivity contribution < 1.29 is 19.8 Å². The van der Waals surface area contributed by atoms with Gasteiger partial charge < -0.3 is 15.1 Å². The third kappa shape index (κ3) is 3.94. The molecule has 1 saturated heterocycles. The Hall–Kier alpha value is -2.60. The first-order chi connectivity index (χ1) is 13.9. The highest BCUT2D eigenvalue weighted by Crippen LogP contribution is 2.49. The average molecular weight is 456 g/mol. The molecular formula is C23H22BrNO4. The molecule has 2 aliphatic rings. The molecule has 2 N–H and O–H groups in total. The molecule has 1 aliphatic heterocycles. The molecule has 5 nitrogen and oxygen atoms in total. The minimum absolute atomic E-state index is 0.136. The number of fused-ring (bicyclic) bond motifs is 3. The van der Waals surface area contributed by atoms with Gasteiger partial charge in [0.05, 0.1) is 6.08 Å². The zero-order valence-electron chi connectivity index (χ0n) is 15.8. The van der Waals surface area contributed by atoms with Gasteiger partial charge in [0.15, 0.2) is 0 Å². The summed E-state index contributed by atoms with van der Waals surface area (Å²) >= 11 is 3.50. The summed E-state index contributed by atoms with van der Waals surface area (Å²) in [5.74, 6) is -1.47. The first kappa shape index (κ1) is 19.7. The van der Waals surface area contributed by atoms with Gasteiger partial charge in [-0.15, -0.1) is 0 Å². The van der Waals surface area contributed by atoms with Gasteiger partial charge in [0, 0.05) is 29.4 Å². The largest absolute Gasteiger partial charge is 0.478 e. The van der Waals surface area contributed by atoms with E-state index in [-0.39, 0.29) is 11.6 Å². The van der Waals surface area contributed by atoms with Crippen molar-refractivity contribution in [3.63, 3.8) is 0 Å². The van der Waals surface area contributed by atoms with Gasteiger partial charge in [-0.1, -0.05) is 52.3 Å². The second-order valence-corrected chi connectivity index (χ2v) is 8.66. The molecule has 1 heterocycles. The number of likely N-dealkylation sites (tertiary alicyclic amines) is 1. The molecule has 6 heteroatoms. The SMILES string of the molecule is O=C(O)C=C(C(=O)O)N1CCC2CC(c3ccc(Br)cc3)c3ccccc3C2C1. The molecule has 29 heavy (non-hydrogen) atoms. The maximum Gasteiger partial charge on any atom is 0.352 e. The molecule has 1 aliphatic carbocycles. The zero-order valence-corrected chi connectivity index (χ0v) is 17.4. The molecule has 0 amide bonds. The maximum atomic E-state index is 11.6.